The standard InChI is InChI=1S/C16H23ClO2/c1-16(2)9-5-4-6-13(16)15(18)12-10-11(17)7-8-14(12)19-3/h7-8,10,13,15,18H,4-6,9H2,1-3H3. The Bertz CT molecular complexity index is 442. The first-order valence-electron chi connectivity index (χ1n) is 6.97. The zero-order valence-electron chi connectivity index (χ0n) is 11.9. The van der Waals surface area contributed by atoms with E-state index in [0.717, 1.165) is 24.2 Å². The van der Waals surface area contributed by atoms with Crippen LogP contribution in [-0.4, -0.2) is 12.2 Å². The molecule has 2 atom stereocenters. The molecule has 1 aliphatic carbocycles. The fourth-order valence-corrected chi connectivity index (χ4v) is 3.44. The maximum Gasteiger partial charge on any atom is 0.124 e. The number of rotatable bonds is 3. The summed E-state index contributed by atoms with van der Waals surface area (Å²) in [5.41, 5.74) is 0.973. The second-order valence-electron chi connectivity index (χ2n) is 6.17. The van der Waals surface area contributed by atoms with Gasteiger partial charge in [-0.2, -0.15) is 0 Å². The lowest BCUT2D eigenvalue weighted by Gasteiger charge is -2.41. The van der Waals surface area contributed by atoms with Gasteiger partial charge in [0.2, 0.25) is 0 Å². The Balaban J connectivity index is 2.32. The third-order valence-electron chi connectivity index (χ3n) is 4.48. The van der Waals surface area contributed by atoms with Crippen LogP contribution < -0.4 is 4.74 Å². The number of halogens is 1. The molecule has 19 heavy (non-hydrogen) atoms. The molecule has 1 fully saturated rings. The molecule has 1 N–H and O–H groups in total. The van der Waals surface area contributed by atoms with Gasteiger partial charge in [0, 0.05) is 10.6 Å². The number of benzene rings is 1. The molecule has 2 unspecified atom stereocenters. The van der Waals surface area contributed by atoms with Gasteiger partial charge in [0.1, 0.15) is 5.75 Å². The highest BCUT2D eigenvalue weighted by Crippen LogP contribution is 2.48. The van der Waals surface area contributed by atoms with Crippen molar-refractivity contribution in [3.63, 3.8) is 0 Å². The predicted molar refractivity (Wildman–Crippen MR) is 78.7 cm³/mol. The molecule has 0 amide bonds. The molecule has 106 valence electrons. The summed E-state index contributed by atoms with van der Waals surface area (Å²) in [6, 6.07) is 5.45. The summed E-state index contributed by atoms with van der Waals surface area (Å²) in [5.74, 6) is 0.979. The van der Waals surface area contributed by atoms with E-state index in [0.29, 0.717) is 5.02 Å². The minimum atomic E-state index is -0.510. The highest BCUT2D eigenvalue weighted by molar-refractivity contribution is 6.30. The van der Waals surface area contributed by atoms with Crippen molar-refractivity contribution < 1.29 is 9.84 Å². The summed E-state index contributed by atoms with van der Waals surface area (Å²) in [5, 5.41) is 11.4. The average Bonchev–Trinajstić information content (AvgIpc) is 2.37. The highest BCUT2D eigenvalue weighted by Gasteiger charge is 2.38. The summed E-state index contributed by atoms with van der Waals surface area (Å²) < 4.78 is 5.36. The van der Waals surface area contributed by atoms with Gasteiger partial charge in [0.25, 0.3) is 0 Å². The lowest BCUT2D eigenvalue weighted by Crippen LogP contribution is -2.32. The van der Waals surface area contributed by atoms with Crippen molar-refractivity contribution in [2.45, 2.75) is 45.6 Å². The first-order chi connectivity index (χ1) is 8.95. The van der Waals surface area contributed by atoms with Crippen LogP contribution in [0, 0.1) is 11.3 Å². The van der Waals surface area contributed by atoms with E-state index in [9.17, 15) is 5.11 Å². The van der Waals surface area contributed by atoms with Crippen LogP contribution in [0.4, 0.5) is 0 Å². The Morgan fingerprint density at radius 3 is 2.74 bits per heavy atom. The molecule has 0 bridgehead atoms. The molecule has 3 heteroatoms. The van der Waals surface area contributed by atoms with Crippen LogP contribution in [0.1, 0.15) is 51.2 Å². The van der Waals surface area contributed by atoms with Crippen LogP contribution in [0.5, 0.6) is 5.75 Å². The zero-order chi connectivity index (χ0) is 14.0. The third-order valence-corrected chi connectivity index (χ3v) is 4.72. The fourth-order valence-electron chi connectivity index (χ4n) is 3.26. The molecular weight excluding hydrogens is 260 g/mol. The number of ether oxygens (including phenoxy) is 1. The molecule has 1 aliphatic rings. The van der Waals surface area contributed by atoms with Crippen molar-refractivity contribution in [1.82, 2.24) is 0 Å². The smallest absolute Gasteiger partial charge is 0.124 e. The van der Waals surface area contributed by atoms with Crippen LogP contribution in [-0.2, 0) is 0 Å². The van der Waals surface area contributed by atoms with Crippen molar-refractivity contribution in [1.29, 1.82) is 0 Å². The van der Waals surface area contributed by atoms with Gasteiger partial charge in [-0.25, -0.2) is 0 Å². The first kappa shape index (κ1) is 14.7. The number of hydrogen-bond donors (Lipinski definition) is 1. The van der Waals surface area contributed by atoms with Gasteiger partial charge in [-0.15, -0.1) is 0 Å². The second-order valence-corrected chi connectivity index (χ2v) is 6.61. The van der Waals surface area contributed by atoms with Gasteiger partial charge in [0.15, 0.2) is 0 Å². The van der Waals surface area contributed by atoms with Gasteiger partial charge in [-0.1, -0.05) is 38.3 Å². The van der Waals surface area contributed by atoms with Gasteiger partial charge in [-0.05, 0) is 42.4 Å². The van der Waals surface area contributed by atoms with E-state index in [1.54, 1.807) is 13.2 Å². The molecule has 0 spiro atoms. The summed E-state index contributed by atoms with van der Waals surface area (Å²) in [6.45, 7) is 4.49. The van der Waals surface area contributed by atoms with Gasteiger partial charge in [-0.3, -0.25) is 0 Å². The lowest BCUT2D eigenvalue weighted by atomic mass is 9.65. The van der Waals surface area contributed by atoms with Crippen molar-refractivity contribution in [2.24, 2.45) is 11.3 Å². The normalized spacial score (nSPS) is 23.9. The SMILES string of the molecule is COc1ccc(Cl)cc1C(O)C1CCCCC1(C)C. The number of aliphatic hydroxyl groups excluding tert-OH is 1. The fraction of sp³-hybridized carbons (Fsp3) is 0.625. The summed E-state index contributed by atoms with van der Waals surface area (Å²) in [6.07, 6.45) is 4.15. The quantitative estimate of drug-likeness (QED) is 0.878. The van der Waals surface area contributed by atoms with E-state index in [1.165, 1.54) is 12.8 Å². The van der Waals surface area contributed by atoms with E-state index < -0.39 is 6.10 Å². The maximum absolute atomic E-state index is 10.8. The minimum absolute atomic E-state index is 0.158. The summed E-state index contributed by atoms with van der Waals surface area (Å²) in [7, 11) is 1.63. The molecule has 0 aliphatic heterocycles. The van der Waals surface area contributed by atoms with Crippen LogP contribution >= 0.6 is 11.6 Å². The molecule has 0 saturated heterocycles. The number of aliphatic hydroxyl groups is 1. The molecule has 2 rings (SSSR count). The molecule has 2 nitrogen and oxygen atoms in total. The van der Waals surface area contributed by atoms with Gasteiger partial charge >= 0.3 is 0 Å². The van der Waals surface area contributed by atoms with Gasteiger partial charge in [0.05, 0.1) is 13.2 Å². The van der Waals surface area contributed by atoms with Crippen LogP contribution in [0.3, 0.4) is 0 Å². The Labute approximate surface area is 120 Å². The molecule has 0 radical (unpaired) electrons. The largest absolute Gasteiger partial charge is 0.496 e. The van der Waals surface area contributed by atoms with E-state index in [1.807, 2.05) is 12.1 Å². The summed E-state index contributed by atoms with van der Waals surface area (Å²) >= 11 is 6.06. The van der Waals surface area contributed by atoms with Crippen LogP contribution in [0.25, 0.3) is 0 Å². The van der Waals surface area contributed by atoms with Crippen molar-refractivity contribution in [3.8, 4) is 5.75 Å². The monoisotopic (exact) mass is 282 g/mol. The van der Waals surface area contributed by atoms with Crippen molar-refractivity contribution >= 4 is 11.6 Å². The van der Waals surface area contributed by atoms with E-state index >= 15 is 0 Å². The maximum atomic E-state index is 10.8. The molecule has 0 heterocycles. The Morgan fingerprint density at radius 1 is 1.37 bits per heavy atom. The summed E-state index contributed by atoms with van der Waals surface area (Å²) in [4.78, 5) is 0. The molecule has 1 aromatic rings. The predicted octanol–water partition coefficient (Wildman–Crippen LogP) is 4.60. The van der Waals surface area contributed by atoms with Crippen LogP contribution in [0.15, 0.2) is 18.2 Å². The number of hydrogen-bond acceptors (Lipinski definition) is 2. The van der Waals surface area contributed by atoms with E-state index in [-0.39, 0.29) is 11.3 Å². The van der Waals surface area contributed by atoms with E-state index in [2.05, 4.69) is 13.8 Å². The number of methoxy groups -OCH3 is 1. The zero-order valence-corrected chi connectivity index (χ0v) is 12.7. The van der Waals surface area contributed by atoms with Crippen LogP contribution in [0.2, 0.25) is 5.02 Å². The highest BCUT2D eigenvalue weighted by atomic mass is 35.5. The third kappa shape index (κ3) is 3.06. The molecule has 0 aromatic heterocycles. The average molecular weight is 283 g/mol. The lowest BCUT2D eigenvalue weighted by molar-refractivity contribution is 0.00269. The minimum Gasteiger partial charge on any atom is -0.496 e. The molecule has 1 aromatic carbocycles. The molecular formula is C16H23ClO2. The second kappa shape index (κ2) is 5.72. The Hall–Kier alpha value is -0.730. The van der Waals surface area contributed by atoms with E-state index in [4.69, 9.17) is 16.3 Å². The Kier molecular flexibility index (Phi) is 4.42. The van der Waals surface area contributed by atoms with Crippen molar-refractivity contribution in [2.75, 3.05) is 7.11 Å². The first-order valence-corrected chi connectivity index (χ1v) is 7.35. The van der Waals surface area contributed by atoms with Gasteiger partial charge < -0.3 is 9.84 Å². The topological polar surface area (TPSA) is 29.5 Å². The Morgan fingerprint density at radius 2 is 2.11 bits per heavy atom. The van der Waals surface area contributed by atoms with Crippen molar-refractivity contribution in [3.05, 3.63) is 28.8 Å². The molecule has 1 saturated carbocycles.